The summed E-state index contributed by atoms with van der Waals surface area (Å²) in [5.41, 5.74) is 0.419. The van der Waals surface area contributed by atoms with Crippen LogP contribution in [0.2, 0.25) is 0 Å². The van der Waals surface area contributed by atoms with Gasteiger partial charge in [0.05, 0.1) is 4.90 Å². The Hall–Kier alpha value is -1.66. The second-order valence-corrected chi connectivity index (χ2v) is 5.35. The van der Waals surface area contributed by atoms with Crippen molar-refractivity contribution < 1.29 is 13.2 Å². The molecule has 1 aromatic rings. The van der Waals surface area contributed by atoms with Crippen LogP contribution in [-0.2, 0) is 10.0 Å². The van der Waals surface area contributed by atoms with E-state index in [1.165, 1.54) is 31.3 Å². The van der Waals surface area contributed by atoms with E-state index in [1.807, 2.05) is 0 Å². The molecule has 0 heterocycles. The summed E-state index contributed by atoms with van der Waals surface area (Å²) in [5.74, 6) is -0.251. The zero-order valence-corrected chi connectivity index (χ0v) is 11.0. The van der Waals surface area contributed by atoms with E-state index in [2.05, 4.69) is 16.6 Å². The Bertz CT molecular complexity index is 521. The van der Waals surface area contributed by atoms with Gasteiger partial charge >= 0.3 is 0 Å². The molecule has 98 valence electrons. The monoisotopic (exact) mass is 268 g/mol. The van der Waals surface area contributed by atoms with Gasteiger partial charge in [-0.25, -0.2) is 13.1 Å². The lowest BCUT2D eigenvalue weighted by molar-refractivity contribution is 0.0963. The third kappa shape index (κ3) is 3.68. The summed E-state index contributed by atoms with van der Waals surface area (Å²) in [6.45, 7) is 3.82. The molecule has 0 saturated carbocycles. The zero-order valence-electron chi connectivity index (χ0n) is 10.1. The molecule has 0 radical (unpaired) electrons. The topological polar surface area (TPSA) is 75.3 Å². The molecule has 0 atom stereocenters. The van der Waals surface area contributed by atoms with Crippen LogP contribution in [0, 0.1) is 0 Å². The predicted molar refractivity (Wildman–Crippen MR) is 69.8 cm³/mol. The molecule has 0 aliphatic carbocycles. The SMILES string of the molecule is C=CCCNS(=O)(=O)c1ccc(C(=O)NC)cc1. The fourth-order valence-corrected chi connectivity index (χ4v) is 2.36. The first-order chi connectivity index (χ1) is 8.51. The lowest BCUT2D eigenvalue weighted by Gasteiger charge is -2.06. The van der Waals surface area contributed by atoms with Gasteiger partial charge in [0, 0.05) is 19.2 Å². The van der Waals surface area contributed by atoms with Crippen molar-refractivity contribution in [1.82, 2.24) is 10.0 Å². The second kappa shape index (κ2) is 6.32. The maximum absolute atomic E-state index is 11.8. The molecule has 0 aliphatic rings. The normalized spacial score (nSPS) is 10.9. The molecule has 5 nitrogen and oxygen atoms in total. The molecule has 0 unspecified atom stereocenters. The quantitative estimate of drug-likeness (QED) is 0.594. The minimum atomic E-state index is -3.51. The Kier molecular flexibility index (Phi) is 5.06. The molecular weight excluding hydrogens is 252 g/mol. The summed E-state index contributed by atoms with van der Waals surface area (Å²) in [7, 11) is -1.99. The van der Waals surface area contributed by atoms with Crippen LogP contribution in [-0.4, -0.2) is 27.9 Å². The van der Waals surface area contributed by atoms with E-state index in [0.717, 1.165) is 0 Å². The van der Waals surface area contributed by atoms with Crippen LogP contribution >= 0.6 is 0 Å². The van der Waals surface area contributed by atoms with E-state index in [0.29, 0.717) is 18.5 Å². The smallest absolute Gasteiger partial charge is 0.251 e. The molecule has 0 fully saturated rings. The first kappa shape index (κ1) is 14.4. The van der Waals surface area contributed by atoms with Crippen molar-refractivity contribution >= 4 is 15.9 Å². The number of hydrogen-bond donors (Lipinski definition) is 2. The summed E-state index contributed by atoms with van der Waals surface area (Å²) < 4.78 is 26.1. The third-order valence-corrected chi connectivity index (χ3v) is 3.77. The van der Waals surface area contributed by atoms with E-state index >= 15 is 0 Å². The lowest BCUT2D eigenvalue weighted by Crippen LogP contribution is -2.24. The number of hydrogen-bond acceptors (Lipinski definition) is 3. The van der Waals surface area contributed by atoms with Gasteiger partial charge in [-0.05, 0) is 30.7 Å². The molecule has 0 saturated heterocycles. The van der Waals surface area contributed by atoms with E-state index in [4.69, 9.17) is 0 Å². The number of nitrogens with one attached hydrogen (secondary N) is 2. The minimum Gasteiger partial charge on any atom is -0.355 e. The van der Waals surface area contributed by atoms with Crippen LogP contribution in [0.3, 0.4) is 0 Å². The fourth-order valence-electron chi connectivity index (χ4n) is 1.31. The highest BCUT2D eigenvalue weighted by Gasteiger charge is 2.13. The van der Waals surface area contributed by atoms with Gasteiger partial charge in [0.1, 0.15) is 0 Å². The highest BCUT2D eigenvalue weighted by atomic mass is 32.2. The number of benzene rings is 1. The van der Waals surface area contributed by atoms with E-state index in [1.54, 1.807) is 6.08 Å². The molecule has 2 N–H and O–H groups in total. The molecule has 1 amide bonds. The molecule has 0 spiro atoms. The Labute approximate surface area is 107 Å². The van der Waals surface area contributed by atoms with Crippen LogP contribution in [0.25, 0.3) is 0 Å². The van der Waals surface area contributed by atoms with Crippen LogP contribution < -0.4 is 10.0 Å². The van der Waals surface area contributed by atoms with Gasteiger partial charge in [-0.2, -0.15) is 0 Å². The average Bonchev–Trinajstić information content (AvgIpc) is 2.38. The van der Waals surface area contributed by atoms with Crippen molar-refractivity contribution in [2.45, 2.75) is 11.3 Å². The molecule has 0 aliphatic heterocycles. The van der Waals surface area contributed by atoms with Gasteiger partial charge in [0.25, 0.3) is 5.91 Å². The van der Waals surface area contributed by atoms with Crippen LogP contribution in [0.1, 0.15) is 16.8 Å². The highest BCUT2D eigenvalue weighted by molar-refractivity contribution is 7.89. The van der Waals surface area contributed by atoms with Gasteiger partial charge in [0.15, 0.2) is 0 Å². The summed E-state index contributed by atoms with van der Waals surface area (Å²) in [6, 6.07) is 5.75. The zero-order chi connectivity index (χ0) is 13.6. The summed E-state index contributed by atoms with van der Waals surface area (Å²) in [4.78, 5) is 11.4. The Morgan fingerprint density at radius 3 is 2.44 bits per heavy atom. The number of amides is 1. The standard InChI is InChI=1S/C12H16N2O3S/c1-3-4-9-14-18(16,17)11-7-5-10(6-8-11)12(15)13-2/h3,5-8,14H,1,4,9H2,2H3,(H,13,15). The average molecular weight is 268 g/mol. The fraction of sp³-hybridized carbons (Fsp3) is 0.250. The van der Waals surface area contributed by atoms with Crippen LogP contribution in [0.15, 0.2) is 41.8 Å². The third-order valence-electron chi connectivity index (χ3n) is 2.29. The van der Waals surface area contributed by atoms with Crippen molar-refractivity contribution in [3.05, 3.63) is 42.5 Å². The Morgan fingerprint density at radius 1 is 1.33 bits per heavy atom. The minimum absolute atomic E-state index is 0.138. The van der Waals surface area contributed by atoms with E-state index in [-0.39, 0.29) is 10.8 Å². The first-order valence-electron chi connectivity index (χ1n) is 5.44. The van der Waals surface area contributed by atoms with Crippen molar-refractivity contribution in [1.29, 1.82) is 0 Å². The number of sulfonamides is 1. The van der Waals surface area contributed by atoms with Crippen LogP contribution in [0.4, 0.5) is 0 Å². The largest absolute Gasteiger partial charge is 0.355 e. The van der Waals surface area contributed by atoms with Crippen molar-refractivity contribution in [2.75, 3.05) is 13.6 Å². The molecule has 1 rings (SSSR count). The highest BCUT2D eigenvalue weighted by Crippen LogP contribution is 2.10. The molecule has 18 heavy (non-hydrogen) atoms. The van der Waals surface area contributed by atoms with Gasteiger partial charge < -0.3 is 5.32 Å². The maximum Gasteiger partial charge on any atom is 0.251 e. The second-order valence-electron chi connectivity index (χ2n) is 3.58. The van der Waals surface area contributed by atoms with Gasteiger partial charge in [-0.1, -0.05) is 6.08 Å². The first-order valence-corrected chi connectivity index (χ1v) is 6.92. The summed E-state index contributed by atoms with van der Waals surface area (Å²) >= 11 is 0. The van der Waals surface area contributed by atoms with E-state index in [9.17, 15) is 13.2 Å². The van der Waals surface area contributed by atoms with E-state index < -0.39 is 10.0 Å². The molecule has 1 aromatic carbocycles. The summed E-state index contributed by atoms with van der Waals surface area (Å²) in [5, 5.41) is 2.47. The van der Waals surface area contributed by atoms with Crippen LogP contribution in [0.5, 0.6) is 0 Å². The number of carbonyl (C=O) groups excluding carboxylic acids is 1. The predicted octanol–water partition coefficient (Wildman–Crippen LogP) is 0.901. The number of carbonyl (C=O) groups is 1. The van der Waals surface area contributed by atoms with Crippen molar-refractivity contribution in [3.63, 3.8) is 0 Å². The summed E-state index contributed by atoms with van der Waals surface area (Å²) in [6.07, 6.45) is 2.20. The maximum atomic E-state index is 11.8. The lowest BCUT2D eigenvalue weighted by atomic mass is 10.2. The van der Waals surface area contributed by atoms with Gasteiger partial charge in [0.2, 0.25) is 10.0 Å². The van der Waals surface area contributed by atoms with Crippen molar-refractivity contribution in [3.8, 4) is 0 Å². The molecule has 6 heteroatoms. The number of rotatable bonds is 6. The Morgan fingerprint density at radius 2 is 1.94 bits per heavy atom. The van der Waals surface area contributed by atoms with Gasteiger partial charge in [-0.15, -0.1) is 6.58 Å². The van der Waals surface area contributed by atoms with Gasteiger partial charge in [-0.3, -0.25) is 4.79 Å². The molecular formula is C12H16N2O3S. The van der Waals surface area contributed by atoms with Crippen molar-refractivity contribution in [2.24, 2.45) is 0 Å². The Balaban J connectivity index is 2.84. The molecule has 0 bridgehead atoms. The molecule has 0 aromatic heterocycles.